The van der Waals surface area contributed by atoms with Crippen LogP contribution >= 0.6 is 23.2 Å². The molecule has 2 aliphatic rings. The van der Waals surface area contributed by atoms with Crippen molar-refractivity contribution >= 4 is 50.7 Å². The minimum absolute atomic E-state index is 0.0392. The molecule has 0 aliphatic heterocycles. The maximum atomic E-state index is 13.3. The highest BCUT2D eigenvalue weighted by Crippen LogP contribution is 2.35. The van der Waals surface area contributed by atoms with Crippen LogP contribution in [-0.2, 0) is 25.9 Å². The van der Waals surface area contributed by atoms with Crippen molar-refractivity contribution in [1.29, 1.82) is 0 Å². The monoisotopic (exact) mass is 535 g/mol. The van der Waals surface area contributed by atoms with Crippen LogP contribution in [0.2, 0.25) is 10.0 Å². The summed E-state index contributed by atoms with van der Waals surface area (Å²) in [6, 6.07) is 8.93. The van der Waals surface area contributed by atoms with E-state index in [2.05, 4.69) is 0 Å². The Morgan fingerprint density at radius 2 is 1.74 bits per heavy atom. The molecule has 1 amide bonds. The van der Waals surface area contributed by atoms with Crippen LogP contribution in [0.4, 0.5) is 0 Å². The number of ether oxygens (including phenoxy) is 1. The molecule has 2 aromatic rings. The molecule has 0 bridgehead atoms. The van der Waals surface area contributed by atoms with Gasteiger partial charge in [0.2, 0.25) is 0 Å². The van der Waals surface area contributed by atoms with Gasteiger partial charge in [0.25, 0.3) is 5.91 Å². The van der Waals surface area contributed by atoms with E-state index < -0.39 is 15.8 Å². The first kappa shape index (κ1) is 25.4. The molecule has 0 N–H and O–H groups in total. The minimum Gasteiger partial charge on any atom is -0.427 e. The SMILES string of the molecule is CS(=O)(=O)c1ccc(C(=O)OC2=CC(=O)CCC2)c(Cl)c1CN(C(=O)c1ccc(Cl)cc1)C1CC1. The number of esters is 1. The van der Waals surface area contributed by atoms with Gasteiger partial charge in [0, 0.05) is 53.9 Å². The van der Waals surface area contributed by atoms with Gasteiger partial charge >= 0.3 is 5.97 Å². The van der Waals surface area contributed by atoms with Crippen molar-refractivity contribution in [2.45, 2.75) is 49.6 Å². The third-order valence-corrected chi connectivity index (χ3v) is 7.74. The second kappa shape index (κ2) is 10.1. The third-order valence-electron chi connectivity index (χ3n) is 5.88. The van der Waals surface area contributed by atoms with Gasteiger partial charge in [-0.05, 0) is 55.7 Å². The highest BCUT2D eigenvalue weighted by Gasteiger charge is 2.35. The molecule has 35 heavy (non-hydrogen) atoms. The van der Waals surface area contributed by atoms with Gasteiger partial charge in [0.05, 0.1) is 15.5 Å². The van der Waals surface area contributed by atoms with E-state index in [4.69, 9.17) is 27.9 Å². The molecule has 0 aromatic heterocycles. The summed E-state index contributed by atoms with van der Waals surface area (Å²) in [4.78, 5) is 39.3. The summed E-state index contributed by atoms with van der Waals surface area (Å²) in [7, 11) is -3.73. The number of benzene rings is 2. The van der Waals surface area contributed by atoms with Crippen LogP contribution < -0.4 is 0 Å². The number of sulfone groups is 1. The highest BCUT2D eigenvalue weighted by atomic mass is 35.5. The Morgan fingerprint density at radius 3 is 2.34 bits per heavy atom. The highest BCUT2D eigenvalue weighted by molar-refractivity contribution is 7.90. The second-order valence-corrected chi connectivity index (χ2v) is 11.5. The molecule has 10 heteroatoms. The first-order valence-corrected chi connectivity index (χ1v) is 13.7. The van der Waals surface area contributed by atoms with Crippen LogP contribution in [0, 0.1) is 0 Å². The number of allylic oxidation sites excluding steroid dienone is 2. The number of ketones is 1. The third kappa shape index (κ3) is 5.94. The van der Waals surface area contributed by atoms with Crippen LogP contribution in [0.15, 0.2) is 53.1 Å². The van der Waals surface area contributed by atoms with Gasteiger partial charge in [-0.1, -0.05) is 23.2 Å². The van der Waals surface area contributed by atoms with Crippen LogP contribution in [0.1, 0.15) is 58.4 Å². The Morgan fingerprint density at radius 1 is 1.06 bits per heavy atom. The molecule has 0 heterocycles. The number of carbonyl (C=O) groups excluding carboxylic acids is 3. The molecule has 0 spiro atoms. The van der Waals surface area contributed by atoms with Crippen molar-refractivity contribution in [3.8, 4) is 0 Å². The predicted molar refractivity (Wildman–Crippen MR) is 131 cm³/mol. The van der Waals surface area contributed by atoms with Crippen molar-refractivity contribution < 1.29 is 27.5 Å². The van der Waals surface area contributed by atoms with Crippen molar-refractivity contribution in [2.75, 3.05) is 6.26 Å². The van der Waals surface area contributed by atoms with E-state index >= 15 is 0 Å². The number of halogens is 2. The lowest BCUT2D eigenvalue weighted by Gasteiger charge is -2.25. The molecule has 7 nitrogen and oxygen atoms in total. The average molecular weight is 536 g/mol. The standard InChI is InChI=1S/C25H23Cl2NO6S/c1-35(32,33)22-12-11-20(25(31)34-19-4-2-3-18(29)13-19)23(27)21(22)14-28(17-9-10-17)24(30)15-5-7-16(26)8-6-15/h5-8,11-13,17H,2-4,9-10,14H2,1H3. The molecule has 0 unspecified atom stereocenters. The molecule has 1 fully saturated rings. The summed E-state index contributed by atoms with van der Waals surface area (Å²) < 4.78 is 30.5. The van der Waals surface area contributed by atoms with Crippen LogP contribution in [0.3, 0.4) is 0 Å². The Balaban J connectivity index is 1.70. The Bertz CT molecular complexity index is 1330. The Hall–Kier alpha value is -2.68. The van der Waals surface area contributed by atoms with E-state index in [-0.39, 0.29) is 51.1 Å². The van der Waals surface area contributed by atoms with Crippen LogP contribution in [-0.4, -0.2) is 43.3 Å². The lowest BCUT2D eigenvalue weighted by atomic mass is 10.0. The molecule has 0 radical (unpaired) electrons. The van der Waals surface area contributed by atoms with E-state index in [9.17, 15) is 22.8 Å². The number of hydrogen-bond donors (Lipinski definition) is 0. The number of rotatable bonds is 7. The summed E-state index contributed by atoms with van der Waals surface area (Å²) in [5.74, 6) is -0.967. The Labute approximate surface area is 213 Å². The van der Waals surface area contributed by atoms with Gasteiger partial charge < -0.3 is 9.64 Å². The van der Waals surface area contributed by atoms with Crippen LogP contribution in [0.5, 0.6) is 0 Å². The van der Waals surface area contributed by atoms with Crippen LogP contribution in [0.25, 0.3) is 0 Å². The fourth-order valence-corrected chi connectivity index (χ4v) is 5.37. The predicted octanol–water partition coefficient (Wildman–Crippen LogP) is 5.00. The fraction of sp³-hybridized carbons (Fsp3) is 0.320. The quantitative estimate of drug-likeness (QED) is 0.463. The summed E-state index contributed by atoms with van der Waals surface area (Å²) in [5.41, 5.74) is 0.511. The number of nitrogens with zero attached hydrogens (tertiary/aromatic N) is 1. The molecular weight excluding hydrogens is 513 g/mol. The fourth-order valence-electron chi connectivity index (χ4n) is 3.95. The molecule has 2 aliphatic carbocycles. The summed E-state index contributed by atoms with van der Waals surface area (Å²) >= 11 is 12.5. The summed E-state index contributed by atoms with van der Waals surface area (Å²) in [5, 5.41) is 0.387. The Kier molecular flexibility index (Phi) is 7.35. The number of hydrogen-bond acceptors (Lipinski definition) is 6. The van der Waals surface area contributed by atoms with Crippen molar-refractivity contribution in [2.24, 2.45) is 0 Å². The smallest absolute Gasteiger partial charge is 0.344 e. The topological polar surface area (TPSA) is 97.8 Å². The van der Waals surface area contributed by atoms with Crippen molar-refractivity contribution in [3.05, 3.63) is 75.0 Å². The normalized spacial score (nSPS) is 16.0. The maximum Gasteiger partial charge on any atom is 0.344 e. The zero-order valence-electron chi connectivity index (χ0n) is 18.9. The van der Waals surface area contributed by atoms with E-state index in [1.54, 1.807) is 29.2 Å². The first-order chi connectivity index (χ1) is 16.5. The van der Waals surface area contributed by atoms with Crippen molar-refractivity contribution in [1.82, 2.24) is 4.90 Å². The molecule has 4 rings (SSSR count). The maximum absolute atomic E-state index is 13.3. The molecule has 184 valence electrons. The van der Waals surface area contributed by atoms with E-state index in [0.717, 1.165) is 19.1 Å². The zero-order valence-corrected chi connectivity index (χ0v) is 21.3. The molecule has 1 saturated carbocycles. The van der Waals surface area contributed by atoms with Gasteiger partial charge in [-0.2, -0.15) is 0 Å². The van der Waals surface area contributed by atoms with E-state index in [1.807, 2.05) is 0 Å². The number of amides is 1. The lowest BCUT2D eigenvalue weighted by Crippen LogP contribution is -2.33. The number of carbonyl (C=O) groups is 3. The minimum atomic E-state index is -3.73. The van der Waals surface area contributed by atoms with Crippen molar-refractivity contribution in [3.63, 3.8) is 0 Å². The van der Waals surface area contributed by atoms with Gasteiger partial charge in [0.1, 0.15) is 5.76 Å². The molecule has 2 aromatic carbocycles. The largest absolute Gasteiger partial charge is 0.427 e. The average Bonchev–Trinajstić information content (AvgIpc) is 3.62. The van der Waals surface area contributed by atoms with E-state index in [1.165, 1.54) is 18.2 Å². The zero-order chi connectivity index (χ0) is 25.3. The first-order valence-electron chi connectivity index (χ1n) is 11.1. The lowest BCUT2D eigenvalue weighted by molar-refractivity contribution is -0.115. The second-order valence-electron chi connectivity index (χ2n) is 8.67. The van der Waals surface area contributed by atoms with Gasteiger partial charge in [-0.25, -0.2) is 13.2 Å². The molecule has 0 atom stereocenters. The summed E-state index contributed by atoms with van der Waals surface area (Å²) in [6.07, 6.45) is 5.29. The van der Waals surface area contributed by atoms with E-state index in [0.29, 0.717) is 29.8 Å². The van der Waals surface area contributed by atoms with Gasteiger partial charge in [0.15, 0.2) is 15.6 Å². The molecular formula is C25H23Cl2NO6S. The van der Waals surface area contributed by atoms with Gasteiger partial charge in [-0.15, -0.1) is 0 Å². The summed E-state index contributed by atoms with van der Waals surface area (Å²) in [6.45, 7) is -0.102. The van der Waals surface area contributed by atoms with Gasteiger partial charge in [-0.3, -0.25) is 9.59 Å². The molecule has 0 saturated heterocycles.